The fourth-order valence-corrected chi connectivity index (χ4v) is 3.50. The van der Waals surface area contributed by atoms with Gasteiger partial charge in [-0.1, -0.05) is 30.3 Å². The summed E-state index contributed by atoms with van der Waals surface area (Å²) in [5.41, 5.74) is 2.74. The smallest absolute Gasteiger partial charge is 0.329 e. The van der Waals surface area contributed by atoms with E-state index >= 15 is 0 Å². The number of hydrogen-bond donors (Lipinski definition) is 2. The van der Waals surface area contributed by atoms with E-state index in [1.165, 1.54) is 12.8 Å². The maximum atomic E-state index is 12.6. The molecule has 2 aliphatic rings. The minimum absolute atomic E-state index is 0.163. The third kappa shape index (κ3) is 4.29. The monoisotopic (exact) mass is 390 g/mol. The summed E-state index contributed by atoms with van der Waals surface area (Å²) < 4.78 is 0. The van der Waals surface area contributed by atoms with Gasteiger partial charge in [0.15, 0.2) is 0 Å². The highest BCUT2D eigenvalue weighted by Crippen LogP contribution is 2.22. The van der Waals surface area contributed by atoms with Gasteiger partial charge < -0.3 is 15.5 Å². The highest BCUT2D eigenvalue weighted by Gasteiger charge is 2.34. The summed E-state index contributed by atoms with van der Waals surface area (Å²) in [5, 5.41) is 5.22. The van der Waals surface area contributed by atoms with Crippen molar-refractivity contribution in [2.45, 2.75) is 12.8 Å². The molecule has 7 nitrogen and oxygen atoms in total. The first-order valence-corrected chi connectivity index (χ1v) is 9.64. The Morgan fingerprint density at radius 1 is 1.00 bits per heavy atom. The number of anilines is 2. The van der Waals surface area contributed by atoms with Crippen molar-refractivity contribution < 1.29 is 14.4 Å². The molecule has 2 aromatic rings. The van der Waals surface area contributed by atoms with Crippen LogP contribution in [0.25, 0.3) is 6.08 Å². The van der Waals surface area contributed by atoms with Gasteiger partial charge in [-0.25, -0.2) is 9.69 Å². The molecule has 7 heteroatoms. The average molecular weight is 390 g/mol. The van der Waals surface area contributed by atoms with Gasteiger partial charge in [0.2, 0.25) is 5.91 Å². The Kier molecular flexibility index (Phi) is 5.29. The number of para-hydroxylation sites is 1. The van der Waals surface area contributed by atoms with E-state index in [1.807, 2.05) is 30.3 Å². The van der Waals surface area contributed by atoms with Gasteiger partial charge >= 0.3 is 6.03 Å². The van der Waals surface area contributed by atoms with Gasteiger partial charge in [0, 0.05) is 24.5 Å². The van der Waals surface area contributed by atoms with Crippen LogP contribution in [-0.4, -0.2) is 42.4 Å². The maximum Gasteiger partial charge on any atom is 0.329 e. The molecule has 2 N–H and O–H groups in total. The molecule has 0 aromatic heterocycles. The minimum Gasteiger partial charge on any atom is -0.372 e. The molecule has 29 heavy (non-hydrogen) atoms. The van der Waals surface area contributed by atoms with E-state index in [1.54, 1.807) is 30.3 Å². The number of amides is 4. The molecule has 2 aromatic carbocycles. The van der Waals surface area contributed by atoms with E-state index in [4.69, 9.17) is 0 Å². The molecule has 2 fully saturated rings. The summed E-state index contributed by atoms with van der Waals surface area (Å²) in [5.74, 6) is -0.947. The van der Waals surface area contributed by atoms with Crippen molar-refractivity contribution in [1.82, 2.24) is 10.2 Å². The van der Waals surface area contributed by atoms with E-state index in [2.05, 4.69) is 15.5 Å². The second-order valence-electron chi connectivity index (χ2n) is 7.08. The summed E-state index contributed by atoms with van der Waals surface area (Å²) >= 11 is 0. The Labute approximate surface area is 169 Å². The first-order chi connectivity index (χ1) is 14.1. The fourth-order valence-electron chi connectivity index (χ4n) is 3.50. The topological polar surface area (TPSA) is 81.8 Å². The van der Waals surface area contributed by atoms with Gasteiger partial charge in [-0.05, 0) is 48.7 Å². The number of hydrogen-bond acceptors (Lipinski definition) is 4. The fraction of sp³-hybridized carbons (Fsp3) is 0.227. The lowest BCUT2D eigenvalue weighted by Crippen LogP contribution is -2.38. The van der Waals surface area contributed by atoms with Crippen LogP contribution in [0.5, 0.6) is 0 Å². The molecule has 2 aliphatic heterocycles. The predicted octanol–water partition coefficient (Wildman–Crippen LogP) is 2.82. The van der Waals surface area contributed by atoms with Crippen molar-refractivity contribution >= 4 is 35.3 Å². The number of benzene rings is 2. The Morgan fingerprint density at radius 3 is 2.38 bits per heavy atom. The lowest BCUT2D eigenvalue weighted by Gasteiger charge is -2.17. The van der Waals surface area contributed by atoms with Crippen LogP contribution in [0.1, 0.15) is 18.4 Å². The lowest BCUT2D eigenvalue weighted by molar-refractivity contribution is -0.127. The third-order valence-corrected chi connectivity index (χ3v) is 5.00. The van der Waals surface area contributed by atoms with Gasteiger partial charge in [-0.3, -0.25) is 9.59 Å². The normalized spacial score (nSPS) is 17.7. The van der Waals surface area contributed by atoms with Crippen molar-refractivity contribution in [3.63, 3.8) is 0 Å². The number of imide groups is 1. The molecule has 0 bridgehead atoms. The predicted molar refractivity (Wildman–Crippen MR) is 111 cm³/mol. The summed E-state index contributed by atoms with van der Waals surface area (Å²) in [6, 6.07) is 16.2. The standard InChI is InChI=1S/C22H22N4O3/c27-20(23-17-6-2-1-3-7-17)15-26-21(28)19(24-22(26)29)14-16-8-10-18(11-9-16)25-12-4-5-13-25/h1-3,6-11,14H,4-5,12-13,15H2,(H,23,27)(H,24,29)/b19-14-. The quantitative estimate of drug-likeness (QED) is 0.608. The molecule has 2 saturated heterocycles. The van der Waals surface area contributed by atoms with Crippen LogP contribution >= 0.6 is 0 Å². The molecular formula is C22H22N4O3. The number of nitrogens with one attached hydrogen (secondary N) is 2. The van der Waals surface area contributed by atoms with Crippen molar-refractivity contribution in [3.05, 3.63) is 65.9 Å². The number of rotatable bonds is 5. The van der Waals surface area contributed by atoms with Crippen LogP contribution in [0, 0.1) is 0 Å². The molecule has 0 aliphatic carbocycles. The van der Waals surface area contributed by atoms with E-state index in [-0.39, 0.29) is 12.2 Å². The van der Waals surface area contributed by atoms with Gasteiger partial charge in [-0.15, -0.1) is 0 Å². The summed E-state index contributed by atoms with van der Waals surface area (Å²) in [6.07, 6.45) is 4.04. The second kappa shape index (κ2) is 8.18. The summed E-state index contributed by atoms with van der Waals surface area (Å²) in [7, 11) is 0. The van der Waals surface area contributed by atoms with Gasteiger partial charge in [-0.2, -0.15) is 0 Å². The van der Waals surface area contributed by atoms with Crippen molar-refractivity contribution in [1.29, 1.82) is 0 Å². The minimum atomic E-state index is -0.599. The second-order valence-corrected chi connectivity index (χ2v) is 7.08. The molecule has 4 rings (SSSR count). The summed E-state index contributed by atoms with van der Waals surface area (Å²) in [6.45, 7) is 1.79. The van der Waals surface area contributed by atoms with Gasteiger partial charge in [0.1, 0.15) is 12.2 Å². The average Bonchev–Trinajstić information content (AvgIpc) is 3.34. The van der Waals surface area contributed by atoms with Crippen LogP contribution in [0.15, 0.2) is 60.3 Å². The van der Waals surface area contributed by atoms with Crippen molar-refractivity contribution in [2.24, 2.45) is 0 Å². The third-order valence-electron chi connectivity index (χ3n) is 5.00. The zero-order valence-electron chi connectivity index (χ0n) is 15.9. The molecular weight excluding hydrogens is 368 g/mol. The number of carbonyl (C=O) groups is 3. The van der Waals surface area contributed by atoms with E-state index < -0.39 is 17.8 Å². The summed E-state index contributed by atoms with van der Waals surface area (Å²) in [4.78, 5) is 40.1. The molecule has 0 radical (unpaired) electrons. The molecule has 0 saturated carbocycles. The zero-order valence-corrected chi connectivity index (χ0v) is 15.9. The number of urea groups is 1. The molecule has 0 spiro atoms. The Hall–Kier alpha value is -3.61. The Morgan fingerprint density at radius 2 is 1.69 bits per heavy atom. The van der Waals surface area contributed by atoms with Crippen LogP contribution < -0.4 is 15.5 Å². The largest absolute Gasteiger partial charge is 0.372 e. The molecule has 0 atom stereocenters. The van der Waals surface area contributed by atoms with Crippen LogP contribution in [0.3, 0.4) is 0 Å². The molecule has 2 heterocycles. The first-order valence-electron chi connectivity index (χ1n) is 9.64. The van der Waals surface area contributed by atoms with Crippen LogP contribution in [-0.2, 0) is 9.59 Å². The van der Waals surface area contributed by atoms with Crippen LogP contribution in [0.2, 0.25) is 0 Å². The van der Waals surface area contributed by atoms with Crippen molar-refractivity contribution in [2.75, 3.05) is 29.9 Å². The van der Waals surface area contributed by atoms with Gasteiger partial charge in [0.25, 0.3) is 5.91 Å². The molecule has 4 amide bonds. The van der Waals surface area contributed by atoms with E-state index in [0.717, 1.165) is 29.2 Å². The first kappa shape index (κ1) is 18.7. The molecule has 0 unspecified atom stereocenters. The number of nitrogens with zero attached hydrogens (tertiary/aromatic N) is 2. The number of carbonyl (C=O) groups excluding carboxylic acids is 3. The maximum absolute atomic E-state index is 12.6. The zero-order chi connectivity index (χ0) is 20.2. The highest BCUT2D eigenvalue weighted by molar-refractivity contribution is 6.15. The lowest BCUT2D eigenvalue weighted by atomic mass is 10.1. The van der Waals surface area contributed by atoms with E-state index in [9.17, 15) is 14.4 Å². The Bertz CT molecular complexity index is 948. The van der Waals surface area contributed by atoms with E-state index in [0.29, 0.717) is 5.69 Å². The van der Waals surface area contributed by atoms with Crippen molar-refractivity contribution in [3.8, 4) is 0 Å². The highest BCUT2D eigenvalue weighted by atomic mass is 16.2. The van der Waals surface area contributed by atoms with Gasteiger partial charge in [0.05, 0.1) is 0 Å². The SMILES string of the molecule is O=C(CN1C(=O)N/C(=C\c2ccc(N3CCCC3)cc2)C1=O)Nc1ccccc1. The Balaban J connectivity index is 1.41. The molecule has 148 valence electrons. The van der Waals surface area contributed by atoms with Crippen LogP contribution in [0.4, 0.5) is 16.2 Å².